The fourth-order valence-electron chi connectivity index (χ4n) is 3.24. The van der Waals surface area contributed by atoms with Crippen molar-refractivity contribution in [1.29, 1.82) is 0 Å². The van der Waals surface area contributed by atoms with Crippen LogP contribution in [0.15, 0.2) is 72.8 Å². The highest BCUT2D eigenvalue weighted by atomic mass is 16.6. The summed E-state index contributed by atoms with van der Waals surface area (Å²) in [5.74, 6) is -5.37. The van der Waals surface area contributed by atoms with Gasteiger partial charge in [-0.3, -0.25) is 20.4 Å². The number of esters is 2. The number of methoxy groups -OCH3 is 1. The third-order valence-corrected chi connectivity index (χ3v) is 5.47. The largest absolute Gasteiger partial charge is 0.497 e. The standard InChI is InChI=1S/C28H26N2O9/c1-16-4-8-19(9-5-16)27(35)38-22(23(26(33)34)39-28(36)20-10-6-17(2)7-11-20)25(32)30-29-24(31)18-12-14-21(37-3)15-13-18/h4-15,22-23H,1-3H3,(H,29,31)(H,30,32)(H,33,34)/t22-,23-/m0/s1. The van der Waals surface area contributed by atoms with E-state index in [0.717, 1.165) is 11.1 Å². The van der Waals surface area contributed by atoms with Gasteiger partial charge in [-0.1, -0.05) is 35.4 Å². The van der Waals surface area contributed by atoms with Crippen LogP contribution in [0.2, 0.25) is 0 Å². The molecule has 3 rings (SSSR count). The number of carbonyl (C=O) groups excluding carboxylic acids is 4. The summed E-state index contributed by atoms with van der Waals surface area (Å²) < 4.78 is 15.3. The summed E-state index contributed by atoms with van der Waals surface area (Å²) in [6, 6.07) is 18.0. The number of benzene rings is 3. The number of aryl methyl sites for hydroxylation is 2. The van der Waals surface area contributed by atoms with E-state index in [1.54, 1.807) is 38.1 Å². The van der Waals surface area contributed by atoms with E-state index in [2.05, 4.69) is 5.43 Å². The number of rotatable bonds is 9. The van der Waals surface area contributed by atoms with Gasteiger partial charge >= 0.3 is 17.9 Å². The van der Waals surface area contributed by atoms with Crippen molar-refractivity contribution in [2.75, 3.05) is 7.11 Å². The molecule has 39 heavy (non-hydrogen) atoms. The molecule has 0 aliphatic rings. The van der Waals surface area contributed by atoms with E-state index in [9.17, 15) is 29.1 Å². The maximum absolute atomic E-state index is 13.0. The van der Waals surface area contributed by atoms with Crippen molar-refractivity contribution in [3.8, 4) is 5.75 Å². The summed E-state index contributed by atoms with van der Waals surface area (Å²) in [7, 11) is 1.46. The van der Waals surface area contributed by atoms with Gasteiger partial charge in [-0.05, 0) is 62.4 Å². The first-order valence-electron chi connectivity index (χ1n) is 11.6. The molecule has 11 heteroatoms. The number of nitrogens with one attached hydrogen (secondary N) is 2. The Morgan fingerprint density at radius 1 is 0.641 bits per heavy atom. The van der Waals surface area contributed by atoms with Gasteiger partial charge in [-0.25, -0.2) is 14.4 Å². The molecular formula is C28H26N2O9. The summed E-state index contributed by atoms with van der Waals surface area (Å²) in [6.45, 7) is 3.59. The monoisotopic (exact) mass is 534 g/mol. The molecule has 11 nitrogen and oxygen atoms in total. The lowest BCUT2D eigenvalue weighted by Crippen LogP contribution is -2.54. The number of amides is 2. The second-order valence-corrected chi connectivity index (χ2v) is 8.39. The van der Waals surface area contributed by atoms with Crippen LogP contribution in [-0.4, -0.2) is 54.1 Å². The number of hydrazine groups is 1. The number of carboxylic acid groups (broad SMARTS) is 1. The van der Waals surface area contributed by atoms with Crippen LogP contribution in [0.4, 0.5) is 0 Å². The molecule has 0 fully saturated rings. The molecule has 0 aliphatic carbocycles. The van der Waals surface area contributed by atoms with E-state index in [1.165, 1.54) is 55.6 Å². The number of hydrogen-bond acceptors (Lipinski definition) is 8. The minimum absolute atomic E-state index is 0.0173. The van der Waals surface area contributed by atoms with Crippen molar-refractivity contribution >= 4 is 29.7 Å². The van der Waals surface area contributed by atoms with Crippen LogP contribution in [0, 0.1) is 13.8 Å². The maximum Gasteiger partial charge on any atom is 0.349 e. The topological polar surface area (TPSA) is 157 Å². The molecule has 2 atom stereocenters. The SMILES string of the molecule is COc1ccc(C(=O)NNC(=O)[C@@H](OC(=O)c2ccc(C)cc2)[C@H](OC(=O)c2ccc(C)cc2)C(=O)O)cc1. The lowest BCUT2D eigenvalue weighted by atomic mass is 10.1. The zero-order valence-corrected chi connectivity index (χ0v) is 21.3. The zero-order chi connectivity index (χ0) is 28.5. The second kappa shape index (κ2) is 12.9. The first-order valence-corrected chi connectivity index (χ1v) is 11.6. The molecule has 0 bridgehead atoms. The molecule has 202 valence electrons. The summed E-state index contributed by atoms with van der Waals surface area (Å²) in [4.78, 5) is 63.0. The van der Waals surface area contributed by atoms with Crippen LogP contribution in [0.5, 0.6) is 5.75 Å². The highest BCUT2D eigenvalue weighted by Crippen LogP contribution is 2.15. The lowest BCUT2D eigenvalue weighted by molar-refractivity contribution is -0.159. The minimum atomic E-state index is -2.24. The smallest absolute Gasteiger partial charge is 0.349 e. The quantitative estimate of drug-likeness (QED) is 0.277. The van der Waals surface area contributed by atoms with Crippen LogP contribution >= 0.6 is 0 Å². The predicted molar refractivity (Wildman–Crippen MR) is 137 cm³/mol. The Morgan fingerprint density at radius 3 is 1.51 bits per heavy atom. The van der Waals surface area contributed by atoms with Gasteiger partial charge in [-0.2, -0.15) is 0 Å². The predicted octanol–water partition coefficient (Wildman–Crippen LogP) is 2.61. The van der Waals surface area contributed by atoms with Gasteiger partial charge in [-0.15, -0.1) is 0 Å². The summed E-state index contributed by atoms with van der Waals surface area (Å²) in [6.07, 6.45) is -4.41. The van der Waals surface area contributed by atoms with Gasteiger partial charge in [0.15, 0.2) is 0 Å². The zero-order valence-electron chi connectivity index (χ0n) is 21.3. The van der Waals surface area contributed by atoms with Gasteiger partial charge in [0.25, 0.3) is 11.8 Å². The summed E-state index contributed by atoms with van der Waals surface area (Å²) in [5.41, 5.74) is 6.02. The van der Waals surface area contributed by atoms with Crippen LogP contribution < -0.4 is 15.6 Å². The van der Waals surface area contributed by atoms with E-state index in [4.69, 9.17) is 14.2 Å². The molecule has 2 amide bonds. The number of carboxylic acids is 1. The fraction of sp³-hybridized carbons (Fsp3) is 0.179. The molecular weight excluding hydrogens is 508 g/mol. The first-order chi connectivity index (χ1) is 18.6. The lowest BCUT2D eigenvalue weighted by Gasteiger charge is -2.23. The summed E-state index contributed by atoms with van der Waals surface area (Å²) >= 11 is 0. The molecule has 0 aliphatic heterocycles. The molecule has 0 saturated carbocycles. The van der Waals surface area contributed by atoms with E-state index in [-0.39, 0.29) is 16.7 Å². The van der Waals surface area contributed by atoms with E-state index < -0.39 is 41.9 Å². The van der Waals surface area contributed by atoms with E-state index >= 15 is 0 Å². The number of aliphatic carboxylic acids is 1. The average molecular weight is 535 g/mol. The van der Waals surface area contributed by atoms with Gasteiger partial charge in [0.2, 0.25) is 12.2 Å². The molecule has 0 radical (unpaired) electrons. The Morgan fingerprint density at radius 2 is 1.08 bits per heavy atom. The third kappa shape index (κ3) is 7.65. The molecule has 3 N–H and O–H groups in total. The van der Waals surface area contributed by atoms with Gasteiger partial charge in [0.05, 0.1) is 18.2 Å². The molecule has 0 unspecified atom stereocenters. The Hall–Kier alpha value is -5.19. The molecule has 3 aromatic carbocycles. The van der Waals surface area contributed by atoms with Crippen LogP contribution in [0.3, 0.4) is 0 Å². The van der Waals surface area contributed by atoms with E-state index in [1.807, 2.05) is 5.43 Å². The van der Waals surface area contributed by atoms with E-state index in [0.29, 0.717) is 5.75 Å². The van der Waals surface area contributed by atoms with Crippen LogP contribution in [-0.2, 0) is 19.1 Å². The summed E-state index contributed by atoms with van der Waals surface area (Å²) in [5, 5.41) is 9.81. The highest BCUT2D eigenvalue weighted by Gasteiger charge is 2.41. The Kier molecular flexibility index (Phi) is 9.36. The fourth-order valence-corrected chi connectivity index (χ4v) is 3.24. The molecule has 0 spiro atoms. The average Bonchev–Trinajstić information content (AvgIpc) is 2.93. The first kappa shape index (κ1) is 28.4. The van der Waals surface area contributed by atoms with Crippen molar-refractivity contribution in [2.45, 2.75) is 26.1 Å². The second-order valence-electron chi connectivity index (χ2n) is 8.39. The maximum atomic E-state index is 13.0. The number of carbonyl (C=O) groups is 5. The molecule has 0 aromatic heterocycles. The third-order valence-electron chi connectivity index (χ3n) is 5.47. The Labute approximate surface area is 223 Å². The van der Waals surface area contributed by atoms with Crippen molar-refractivity contribution in [3.05, 3.63) is 101 Å². The molecule has 0 saturated heterocycles. The van der Waals surface area contributed by atoms with Crippen molar-refractivity contribution in [3.63, 3.8) is 0 Å². The van der Waals surface area contributed by atoms with Crippen molar-refractivity contribution < 1.29 is 43.3 Å². The minimum Gasteiger partial charge on any atom is -0.497 e. The van der Waals surface area contributed by atoms with Gasteiger partial charge in [0.1, 0.15) is 5.75 Å². The molecule has 0 heterocycles. The highest BCUT2D eigenvalue weighted by molar-refractivity contribution is 5.99. The van der Waals surface area contributed by atoms with Crippen molar-refractivity contribution in [1.82, 2.24) is 10.9 Å². The molecule has 3 aromatic rings. The van der Waals surface area contributed by atoms with Crippen LogP contribution in [0.1, 0.15) is 42.2 Å². The number of hydrogen-bond donors (Lipinski definition) is 3. The van der Waals surface area contributed by atoms with Gasteiger partial charge < -0.3 is 19.3 Å². The number of ether oxygens (including phenoxy) is 3. The van der Waals surface area contributed by atoms with Crippen molar-refractivity contribution in [2.24, 2.45) is 0 Å². The Bertz CT molecular complexity index is 1350. The normalized spacial score (nSPS) is 11.9. The van der Waals surface area contributed by atoms with Crippen LogP contribution in [0.25, 0.3) is 0 Å². The Balaban J connectivity index is 1.83. The van der Waals surface area contributed by atoms with Gasteiger partial charge in [0, 0.05) is 5.56 Å².